The Morgan fingerprint density at radius 3 is 3.56 bits per heavy atom. The molecule has 2 nitrogen and oxygen atoms in total. The number of hydrogen-bond donors (Lipinski definition) is 0. The van der Waals surface area contributed by atoms with E-state index in [1.807, 2.05) is 0 Å². The van der Waals surface area contributed by atoms with E-state index in [9.17, 15) is 0 Å². The lowest BCUT2D eigenvalue weighted by molar-refractivity contribution is 0.267. The molecule has 0 atom stereocenters. The lowest BCUT2D eigenvalue weighted by Gasteiger charge is -2.01. The number of allylic oxidation sites excluding steroid dienone is 1. The van der Waals surface area contributed by atoms with Crippen molar-refractivity contribution in [2.24, 2.45) is 5.16 Å². The summed E-state index contributed by atoms with van der Waals surface area (Å²) in [5.41, 5.74) is 1.20. The zero-order valence-electron chi connectivity index (χ0n) is 4.70. The first kappa shape index (κ1) is 5.11. The van der Waals surface area contributed by atoms with Crippen LogP contribution in [0.4, 0.5) is 0 Å². The van der Waals surface area contributed by atoms with Gasteiger partial charge in [0.25, 0.3) is 0 Å². The van der Waals surface area contributed by atoms with Gasteiger partial charge in [0.2, 0.25) is 0 Å². The van der Waals surface area contributed by atoms with Gasteiger partial charge in [-0.05, 0) is 0 Å². The van der Waals surface area contributed by atoms with Crippen LogP contribution in [0.25, 0.3) is 0 Å². The molecule has 0 spiro atoms. The van der Waals surface area contributed by atoms with E-state index < -0.39 is 0 Å². The molecule has 0 aromatic carbocycles. The predicted molar refractivity (Wildman–Crippen MR) is 38.2 cm³/mol. The third kappa shape index (κ3) is 0.772. The Morgan fingerprint density at radius 1 is 1.67 bits per heavy atom. The third-order valence-corrected chi connectivity index (χ3v) is 2.22. The lowest BCUT2D eigenvalue weighted by atomic mass is 10.3. The molecule has 0 aromatic rings. The maximum Gasteiger partial charge on any atom is 0.136 e. The normalized spacial score (nSPS) is 22.2. The molecule has 0 unspecified atom stereocenters. The third-order valence-electron chi connectivity index (χ3n) is 1.24. The van der Waals surface area contributed by atoms with Crippen LogP contribution in [0.3, 0.4) is 0 Å². The van der Waals surface area contributed by atoms with Crippen molar-refractivity contribution in [2.75, 3.05) is 5.75 Å². The molecule has 0 radical (unpaired) electrons. The SMILES string of the molecule is C1=NOC=C2SCC=C12. The van der Waals surface area contributed by atoms with E-state index in [0.717, 1.165) is 5.75 Å². The average Bonchev–Trinajstić information content (AvgIpc) is 2.33. The molecule has 0 saturated carbocycles. The Balaban J connectivity index is 2.37. The molecule has 0 aliphatic carbocycles. The second kappa shape index (κ2) is 1.92. The zero-order chi connectivity index (χ0) is 6.10. The Kier molecular flexibility index (Phi) is 1.09. The summed E-state index contributed by atoms with van der Waals surface area (Å²) >= 11 is 1.78. The monoisotopic (exact) mass is 139 g/mol. The molecule has 0 saturated heterocycles. The highest BCUT2D eigenvalue weighted by atomic mass is 32.2. The first-order chi connectivity index (χ1) is 4.47. The summed E-state index contributed by atoms with van der Waals surface area (Å²) in [6.07, 6.45) is 5.57. The molecular formula is C6H5NOS. The first-order valence-corrected chi connectivity index (χ1v) is 3.68. The van der Waals surface area contributed by atoms with Gasteiger partial charge in [0.05, 0.1) is 11.1 Å². The maximum atomic E-state index is 4.73. The minimum Gasteiger partial charge on any atom is -0.364 e. The second-order valence-electron chi connectivity index (χ2n) is 1.79. The highest BCUT2D eigenvalue weighted by molar-refractivity contribution is 8.03. The van der Waals surface area contributed by atoms with Crippen molar-refractivity contribution in [3.63, 3.8) is 0 Å². The van der Waals surface area contributed by atoms with E-state index >= 15 is 0 Å². The fourth-order valence-electron chi connectivity index (χ4n) is 0.789. The highest BCUT2D eigenvalue weighted by Gasteiger charge is 2.12. The number of oxime groups is 1. The average molecular weight is 139 g/mol. The van der Waals surface area contributed by atoms with Crippen molar-refractivity contribution in [3.8, 4) is 0 Å². The van der Waals surface area contributed by atoms with Gasteiger partial charge in [0, 0.05) is 11.3 Å². The smallest absolute Gasteiger partial charge is 0.136 e. The fraction of sp³-hybridized carbons (Fsp3) is 0.167. The van der Waals surface area contributed by atoms with E-state index in [1.54, 1.807) is 24.2 Å². The van der Waals surface area contributed by atoms with E-state index in [1.165, 1.54) is 10.5 Å². The molecule has 9 heavy (non-hydrogen) atoms. The van der Waals surface area contributed by atoms with Crippen molar-refractivity contribution in [3.05, 3.63) is 22.8 Å². The number of rotatable bonds is 0. The van der Waals surface area contributed by atoms with Crippen LogP contribution >= 0.6 is 11.8 Å². The van der Waals surface area contributed by atoms with E-state index in [2.05, 4.69) is 11.2 Å². The highest BCUT2D eigenvalue weighted by Crippen LogP contribution is 2.31. The molecule has 46 valence electrons. The fourth-order valence-corrected chi connectivity index (χ4v) is 1.65. The molecule has 0 aromatic heterocycles. The van der Waals surface area contributed by atoms with Crippen LogP contribution < -0.4 is 0 Å². The van der Waals surface area contributed by atoms with Crippen molar-refractivity contribution < 1.29 is 4.84 Å². The molecule has 2 aliphatic heterocycles. The minimum absolute atomic E-state index is 1.05. The van der Waals surface area contributed by atoms with Gasteiger partial charge >= 0.3 is 0 Å². The molecule has 2 aliphatic rings. The second-order valence-corrected chi connectivity index (χ2v) is 2.85. The zero-order valence-corrected chi connectivity index (χ0v) is 5.52. The quantitative estimate of drug-likeness (QED) is 0.507. The van der Waals surface area contributed by atoms with Gasteiger partial charge in [-0.3, -0.25) is 0 Å². The number of hydrogen-bond acceptors (Lipinski definition) is 3. The number of thioether (sulfide) groups is 1. The molecule has 2 heterocycles. The summed E-state index contributed by atoms with van der Waals surface area (Å²) in [6, 6.07) is 0. The van der Waals surface area contributed by atoms with Crippen LogP contribution in [0.15, 0.2) is 28.0 Å². The Morgan fingerprint density at radius 2 is 2.67 bits per heavy atom. The topological polar surface area (TPSA) is 21.6 Å². The van der Waals surface area contributed by atoms with Crippen LogP contribution in [0, 0.1) is 0 Å². The Bertz CT molecular complexity index is 217. The molecule has 0 fully saturated rings. The maximum absolute atomic E-state index is 4.73. The van der Waals surface area contributed by atoms with Gasteiger partial charge in [-0.1, -0.05) is 11.2 Å². The van der Waals surface area contributed by atoms with Crippen molar-refractivity contribution >= 4 is 18.0 Å². The van der Waals surface area contributed by atoms with Gasteiger partial charge in [-0.15, -0.1) is 11.8 Å². The summed E-state index contributed by atoms with van der Waals surface area (Å²) in [4.78, 5) is 5.93. The lowest BCUT2D eigenvalue weighted by Crippen LogP contribution is -1.89. The van der Waals surface area contributed by atoms with Crippen LogP contribution in [-0.2, 0) is 4.84 Å². The number of nitrogens with zero attached hydrogens (tertiary/aromatic N) is 1. The van der Waals surface area contributed by atoms with E-state index in [0.29, 0.717) is 0 Å². The molecule has 3 heteroatoms. The standard InChI is InChI=1S/C6H5NOS/c1-2-9-6-4-8-7-3-5(1)6/h1,3-4H,2H2. The first-order valence-electron chi connectivity index (χ1n) is 2.69. The summed E-state index contributed by atoms with van der Waals surface area (Å²) in [5, 5.41) is 3.64. The van der Waals surface area contributed by atoms with Crippen LogP contribution in [0.2, 0.25) is 0 Å². The van der Waals surface area contributed by atoms with Crippen molar-refractivity contribution in [2.45, 2.75) is 0 Å². The van der Waals surface area contributed by atoms with Gasteiger partial charge in [-0.25, -0.2) is 0 Å². The molecule has 2 rings (SSSR count). The molecule has 0 amide bonds. The molecule has 0 bridgehead atoms. The Labute approximate surface area is 57.3 Å². The molecule has 0 N–H and O–H groups in total. The van der Waals surface area contributed by atoms with Crippen LogP contribution in [-0.4, -0.2) is 12.0 Å². The van der Waals surface area contributed by atoms with Crippen LogP contribution in [0.5, 0.6) is 0 Å². The van der Waals surface area contributed by atoms with Gasteiger partial charge in [-0.2, -0.15) is 0 Å². The summed E-state index contributed by atoms with van der Waals surface area (Å²) < 4.78 is 0. The number of fused-ring (bicyclic) bond motifs is 1. The van der Waals surface area contributed by atoms with Crippen LogP contribution in [0.1, 0.15) is 0 Å². The van der Waals surface area contributed by atoms with Crippen molar-refractivity contribution in [1.82, 2.24) is 0 Å². The largest absolute Gasteiger partial charge is 0.364 e. The van der Waals surface area contributed by atoms with Gasteiger partial charge in [0.15, 0.2) is 0 Å². The van der Waals surface area contributed by atoms with E-state index in [4.69, 9.17) is 4.84 Å². The molecular weight excluding hydrogens is 134 g/mol. The summed E-state index contributed by atoms with van der Waals surface area (Å²) in [5.74, 6) is 1.05. The van der Waals surface area contributed by atoms with Crippen molar-refractivity contribution in [1.29, 1.82) is 0 Å². The van der Waals surface area contributed by atoms with Gasteiger partial charge in [0.1, 0.15) is 6.26 Å². The summed E-state index contributed by atoms with van der Waals surface area (Å²) in [7, 11) is 0. The summed E-state index contributed by atoms with van der Waals surface area (Å²) in [6.45, 7) is 0. The van der Waals surface area contributed by atoms with E-state index in [-0.39, 0.29) is 0 Å². The predicted octanol–water partition coefficient (Wildman–Crippen LogP) is 1.52. The minimum atomic E-state index is 1.05. The van der Waals surface area contributed by atoms with Gasteiger partial charge < -0.3 is 4.84 Å². The Hall–Kier alpha value is -0.700.